The molecule has 0 spiro atoms. The van der Waals surface area contributed by atoms with Gasteiger partial charge in [0.05, 0.1) is 26.7 Å². The third-order valence-corrected chi connectivity index (χ3v) is 2.90. The number of nitrogens with one attached hydrogen (secondary N) is 1. The van der Waals surface area contributed by atoms with Gasteiger partial charge in [0.15, 0.2) is 0 Å². The molecule has 0 saturated heterocycles. The number of hydrogen-bond donors (Lipinski definition) is 2. The van der Waals surface area contributed by atoms with E-state index in [1.54, 1.807) is 14.0 Å². The van der Waals surface area contributed by atoms with Crippen LogP contribution in [0.4, 0.5) is 0 Å². The van der Waals surface area contributed by atoms with Crippen LogP contribution in [0.3, 0.4) is 0 Å². The number of carbonyl (C=O) groups excluding carboxylic acids is 1. The van der Waals surface area contributed by atoms with E-state index in [1.165, 1.54) is 0 Å². The Morgan fingerprint density at radius 3 is 2.60 bits per heavy atom. The number of esters is 1. The number of rotatable bonds is 9. The van der Waals surface area contributed by atoms with E-state index in [0.29, 0.717) is 26.0 Å². The van der Waals surface area contributed by atoms with E-state index in [4.69, 9.17) is 14.6 Å². The van der Waals surface area contributed by atoms with E-state index in [0.717, 1.165) is 11.3 Å². The Kier molecular flexibility index (Phi) is 7.69. The molecule has 0 amide bonds. The summed E-state index contributed by atoms with van der Waals surface area (Å²) in [6, 6.07) is 7.68. The third-order valence-electron chi connectivity index (χ3n) is 2.90. The average Bonchev–Trinajstić information content (AvgIpc) is 2.45. The third kappa shape index (κ3) is 6.04. The maximum absolute atomic E-state index is 11.6. The molecule has 5 heteroatoms. The predicted molar refractivity (Wildman–Crippen MR) is 76.8 cm³/mol. The van der Waals surface area contributed by atoms with Crippen LogP contribution in [0.1, 0.15) is 18.9 Å². The lowest BCUT2D eigenvalue weighted by Crippen LogP contribution is -2.35. The van der Waals surface area contributed by atoms with Crippen molar-refractivity contribution in [3.8, 4) is 5.75 Å². The first-order valence-corrected chi connectivity index (χ1v) is 6.82. The molecule has 0 aliphatic heterocycles. The molecule has 0 aliphatic rings. The van der Waals surface area contributed by atoms with Gasteiger partial charge in [0, 0.05) is 12.6 Å². The summed E-state index contributed by atoms with van der Waals surface area (Å²) in [5.41, 5.74) is 1.10. The fourth-order valence-electron chi connectivity index (χ4n) is 1.95. The molecule has 5 nitrogen and oxygen atoms in total. The van der Waals surface area contributed by atoms with Crippen molar-refractivity contribution < 1.29 is 19.4 Å². The van der Waals surface area contributed by atoms with Crippen molar-refractivity contribution >= 4 is 5.97 Å². The number of hydrogen-bond acceptors (Lipinski definition) is 5. The van der Waals surface area contributed by atoms with Gasteiger partial charge in [-0.25, -0.2) is 0 Å². The molecule has 1 aromatic rings. The van der Waals surface area contributed by atoms with Gasteiger partial charge in [0.25, 0.3) is 0 Å². The molecule has 0 bridgehead atoms. The van der Waals surface area contributed by atoms with Gasteiger partial charge in [0.1, 0.15) is 5.75 Å². The zero-order valence-electron chi connectivity index (χ0n) is 12.1. The highest BCUT2D eigenvalue weighted by Gasteiger charge is 2.14. The molecule has 0 aromatic heterocycles. The van der Waals surface area contributed by atoms with Crippen molar-refractivity contribution in [2.45, 2.75) is 25.8 Å². The number of ether oxygens (including phenoxy) is 2. The molecule has 1 aromatic carbocycles. The SMILES string of the molecule is CCOC(=O)CC(Cc1ccc(OC)cc1)NCCO. The van der Waals surface area contributed by atoms with Crippen molar-refractivity contribution in [2.75, 3.05) is 26.9 Å². The summed E-state index contributed by atoms with van der Waals surface area (Å²) < 4.78 is 10.1. The van der Waals surface area contributed by atoms with Crippen molar-refractivity contribution in [3.63, 3.8) is 0 Å². The molecule has 0 fully saturated rings. The summed E-state index contributed by atoms with van der Waals surface area (Å²) in [5, 5.41) is 12.0. The van der Waals surface area contributed by atoms with Gasteiger partial charge in [-0.3, -0.25) is 4.79 Å². The van der Waals surface area contributed by atoms with Crippen LogP contribution < -0.4 is 10.1 Å². The largest absolute Gasteiger partial charge is 0.497 e. The lowest BCUT2D eigenvalue weighted by Gasteiger charge is -2.17. The maximum atomic E-state index is 11.6. The standard InChI is InChI=1S/C15H23NO4/c1-3-20-15(18)11-13(16-8-9-17)10-12-4-6-14(19-2)7-5-12/h4-7,13,16-17H,3,8-11H2,1-2H3. The summed E-state index contributed by atoms with van der Waals surface area (Å²) >= 11 is 0. The second-order valence-corrected chi connectivity index (χ2v) is 4.44. The fourth-order valence-corrected chi connectivity index (χ4v) is 1.95. The zero-order valence-corrected chi connectivity index (χ0v) is 12.1. The Balaban J connectivity index is 2.59. The Hall–Kier alpha value is -1.59. The average molecular weight is 281 g/mol. The van der Waals surface area contributed by atoms with Gasteiger partial charge in [-0.15, -0.1) is 0 Å². The molecule has 0 radical (unpaired) electrons. The summed E-state index contributed by atoms with van der Waals surface area (Å²) in [6.07, 6.45) is 0.989. The zero-order chi connectivity index (χ0) is 14.8. The minimum absolute atomic E-state index is 0.0436. The molecule has 1 rings (SSSR count). The summed E-state index contributed by atoms with van der Waals surface area (Å²) in [5.74, 6) is 0.579. The Morgan fingerprint density at radius 1 is 1.35 bits per heavy atom. The van der Waals surface area contributed by atoms with Crippen molar-refractivity contribution in [3.05, 3.63) is 29.8 Å². The van der Waals surface area contributed by atoms with Crippen molar-refractivity contribution in [2.24, 2.45) is 0 Å². The van der Waals surface area contributed by atoms with Crippen LogP contribution in [0, 0.1) is 0 Å². The molecule has 20 heavy (non-hydrogen) atoms. The second-order valence-electron chi connectivity index (χ2n) is 4.44. The van der Waals surface area contributed by atoms with Crippen molar-refractivity contribution in [1.29, 1.82) is 0 Å². The van der Waals surface area contributed by atoms with Crippen LogP contribution in [-0.2, 0) is 16.0 Å². The number of carbonyl (C=O) groups is 1. The van der Waals surface area contributed by atoms with Crippen LogP contribution in [0.15, 0.2) is 24.3 Å². The van der Waals surface area contributed by atoms with Gasteiger partial charge >= 0.3 is 5.97 Å². The predicted octanol–water partition coefficient (Wildman–Crippen LogP) is 1.14. The van der Waals surface area contributed by atoms with E-state index in [9.17, 15) is 4.79 Å². The van der Waals surface area contributed by atoms with Gasteiger partial charge in [-0.2, -0.15) is 0 Å². The van der Waals surface area contributed by atoms with Crippen LogP contribution in [0.25, 0.3) is 0 Å². The smallest absolute Gasteiger partial charge is 0.307 e. The number of aliphatic hydroxyl groups is 1. The lowest BCUT2D eigenvalue weighted by atomic mass is 10.0. The molecule has 0 saturated carbocycles. The van der Waals surface area contributed by atoms with Crippen LogP contribution in [0.5, 0.6) is 5.75 Å². The summed E-state index contributed by atoms with van der Waals surface area (Å²) in [6.45, 7) is 2.67. The molecule has 0 heterocycles. The van der Waals surface area contributed by atoms with E-state index >= 15 is 0 Å². The highest BCUT2D eigenvalue weighted by atomic mass is 16.5. The van der Waals surface area contributed by atoms with Crippen LogP contribution in [-0.4, -0.2) is 44.0 Å². The van der Waals surface area contributed by atoms with E-state index in [1.807, 2.05) is 24.3 Å². The topological polar surface area (TPSA) is 67.8 Å². The molecule has 1 unspecified atom stereocenters. The summed E-state index contributed by atoms with van der Waals surface area (Å²) in [4.78, 5) is 11.6. The Bertz CT molecular complexity index is 391. The van der Waals surface area contributed by atoms with Crippen LogP contribution in [0.2, 0.25) is 0 Å². The highest BCUT2D eigenvalue weighted by molar-refractivity contribution is 5.70. The van der Waals surface area contributed by atoms with Gasteiger partial charge in [-0.05, 0) is 31.0 Å². The van der Waals surface area contributed by atoms with E-state index in [-0.39, 0.29) is 18.6 Å². The fraction of sp³-hybridized carbons (Fsp3) is 0.533. The lowest BCUT2D eigenvalue weighted by molar-refractivity contribution is -0.143. The molecule has 2 N–H and O–H groups in total. The highest BCUT2D eigenvalue weighted by Crippen LogP contribution is 2.13. The quantitative estimate of drug-likeness (QED) is 0.664. The normalized spacial score (nSPS) is 11.9. The molecular weight excluding hydrogens is 258 g/mol. The summed E-state index contributed by atoms with van der Waals surface area (Å²) in [7, 11) is 1.63. The monoisotopic (exact) mass is 281 g/mol. The molecule has 0 aliphatic carbocycles. The Labute approximate surface area is 119 Å². The first-order valence-electron chi connectivity index (χ1n) is 6.82. The van der Waals surface area contributed by atoms with Gasteiger partial charge < -0.3 is 19.9 Å². The second kappa shape index (κ2) is 9.34. The first kappa shape index (κ1) is 16.5. The Morgan fingerprint density at radius 2 is 2.05 bits per heavy atom. The first-order chi connectivity index (χ1) is 9.69. The maximum Gasteiger partial charge on any atom is 0.307 e. The molecule has 112 valence electrons. The van der Waals surface area contributed by atoms with Crippen molar-refractivity contribution in [1.82, 2.24) is 5.32 Å². The van der Waals surface area contributed by atoms with E-state index in [2.05, 4.69) is 5.32 Å². The minimum atomic E-state index is -0.226. The van der Waals surface area contributed by atoms with Gasteiger partial charge in [0.2, 0.25) is 0 Å². The molecular formula is C15H23NO4. The number of methoxy groups -OCH3 is 1. The van der Waals surface area contributed by atoms with Gasteiger partial charge in [-0.1, -0.05) is 12.1 Å². The van der Waals surface area contributed by atoms with Crippen LogP contribution >= 0.6 is 0 Å². The number of benzene rings is 1. The molecule has 1 atom stereocenters. The minimum Gasteiger partial charge on any atom is -0.497 e. The van der Waals surface area contributed by atoms with E-state index < -0.39 is 0 Å². The number of aliphatic hydroxyl groups excluding tert-OH is 1.